The molecule has 1 atom stereocenters. The summed E-state index contributed by atoms with van der Waals surface area (Å²) in [6.45, 7) is 1.63. The van der Waals surface area contributed by atoms with Crippen LogP contribution in [0.5, 0.6) is 0 Å². The predicted octanol–water partition coefficient (Wildman–Crippen LogP) is 3.92. The molecule has 21 heavy (non-hydrogen) atoms. The second-order valence-electron chi connectivity index (χ2n) is 4.30. The lowest BCUT2D eigenvalue weighted by atomic mass is 10.2. The Hall–Kier alpha value is -1.37. The molecule has 0 aliphatic rings. The largest absolute Gasteiger partial charge is 0.340 e. The molecule has 2 rings (SSSR count). The SMILES string of the molecule is CC(NC(=O)c1ccc(Br)s1)C(=O)Nc1ccc(Cl)cc1. The third-order valence-corrected chi connectivity index (χ3v) is 4.52. The minimum atomic E-state index is -0.644. The fraction of sp³-hybridized carbons (Fsp3) is 0.143. The third kappa shape index (κ3) is 4.56. The highest BCUT2D eigenvalue weighted by atomic mass is 79.9. The molecule has 2 aromatic rings. The molecule has 110 valence electrons. The van der Waals surface area contributed by atoms with E-state index in [1.165, 1.54) is 11.3 Å². The molecule has 1 aromatic carbocycles. The van der Waals surface area contributed by atoms with E-state index in [2.05, 4.69) is 26.6 Å². The quantitative estimate of drug-likeness (QED) is 0.835. The van der Waals surface area contributed by atoms with Crippen LogP contribution in [0.4, 0.5) is 5.69 Å². The smallest absolute Gasteiger partial charge is 0.262 e. The topological polar surface area (TPSA) is 58.2 Å². The highest BCUT2D eigenvalue weighted by Gasteiger charge is 2.17. The van der Waals surface area contributed by atoms with Crippen molar-refractivity contribution in [2.24, 2.45) is 0 Å². The summed E-state index contributed by atoms with van der Waals surface area (Å²) in [5, 5.41) is 5.96. The molecule has 2 N–H and O–H groups in total. The van der Waals surface area contributed by atoms with Crippen molar-refractivity contribution in [2.75, 3.05) is 5.32 Å². The van der Waals surface area contributed by atoms with Gasteiger partial charge in [0, 0.05) is 10.7 Å². The number of hydrogen-bond acceptors (Lipinski definition) is 3. The van der Waals surface area contributed by atoms with Gasteiger partial charge in [-0.05, 0) is 59.3 Å². The Morgan fingerprint density at radius 1 is 1.19 bits per heavy atom. The van der Waals surface area contributed by atoms with Crippen molar-refractivity contribution < 1.29 is 9.59 Å². The minimum Gasteiger partial charge on any atom is -0.340 e. The van der Waals surface area contributed by atoms with Crippen LogP contribution in [0.15, 0.2) is 40.2 Å². The molecular formula is C14H12BrClN2O2S. The Morgan fingerprint density at radius 3 is 2.43 bits per heavy atom. The predicted molar refractivity (Wildman–Crippen MR) is 89.0 cm³/mol. The van der Waals surface area contributed by atoms with Crippen LogP contribution in [-0.4, -0.2) is 17.9 Å². The number of benzene rings is 1. The minimum absolute atomic E-state index is 0.274. The summed E-state index contributed by atoms with van der Waals surface area (Å²) < 4.78 is 0.867. The number of anilines is 1. The number of thiophene rings is 1. The molecule has 0 aliphatic heterocycles. The summed E-state index contributed by atoms with van der Waals surface area (Å²) in [7, 11) is 0. The first-order valence-corrected chi connectivity index (χ1v) is 8.07. The van der Waals surface area contributed by atoms with Crippen LogP contribution in [0.1, 0.15) is 16.6 Å². The molecule has 0 bridgehead atoms. The van der Waals surface area contributed by atoms with Crippen LogP contribution in [0.2, 0.25) is 5.02 Å². The molecule has 0 radical (unpaired) electrons. The van der Waals surface area contributed by atoms with Gasteiger partial charge in [0.15, 0.2) is 0 Å². The number of halogens is 2. The maximum absolute atomic E-state index is 12.0. The Balaban J connectivity index is 1.93. The zero-order chi connectivity index (χ0) is 15.4. The molecule has 0 saturated heterocycles. The average molecular weight is 388 g/mol. The fourth-order valence-corrected chi connectivity index (χ4v) is 2.97. The molecular weight excluding hydrogens is 376 g/mol. The van der Waals surface area contributed by atoms with Crippen molar-refractivity contribution in [3.63, 3.8) is 0 Å². The van der Waals surface area contributed by atoms with E-state index in [-0.39, 0.29) is 11.8 Å². The lowest BCUT2D eigenvalue weighted by molar-refractivity contribution is -0.117. The number of hydrogen-bond donors (Lipinski definition) is 2. The molecule has 0 spiro atoms. The number of carbonyl (C=O) groups is 2. The fourth-order valence-electron chi connectivity index (χ4n) is 1.55. The van der Waals surface area contributed by atoms with Crippen molar-refractivity contribution >= 4 is 56.4 Å². The van der Waals surface area contributed by atoms with Crippen LogP contribution in [0.25, 0.3) is 0 Å². The summed E-state index contributed by atoms with van der Waals surface area (Å²) >= 11 is 10.4. The maximum Gasteiger partial charge on any atom is 0.262 e. The number of rotatable bonds is 4. The Labute approximate surface area is 139 Å². The van der Waals surface area contributed by atoms with Crippen molar-refractivity contribution in [1.82, 2.24) is 5.32 Å². The second-order valence-corrected chi connectivity index (χ2v) is 7.19. The normalized spacial score (nSPS) is 11.8. The van der Waals surface area contributed by atoms with E-state index in [0.717, 1.165) is 3.79 Å². The number of nitrogens with one attached hydrogen (secondary N) is 2. The summed E-state index contributed by atoms with van der Waals surface area (Å²) in [6, 6.07) is 9.61. The molecule has 4 nitrogen and oxygen atoms in total. The second kappa shape index (κ2) is 7.06. The van der Waals surface area contributed by atoms with Gasteiger partial charge in [-0.15, -0.1) is 11.3 Å². The molecule has 0 saturated carbocycles. The van der Waals surface area contributed by atoms with Crippen molar-refractivity contribution in [1.29, 1.82) is 0 Å². The van der Waals surface area contributed by atoms with Crippen LogP contribution in [0, 0.1) is 0 Å². The van der Waals surface area contributed by atoms with Gasteiger partial charge in [-0.25, -0.2) is 0 Å². The van der Waals surface area contributed by atoms with Crippen molar-refractivity contribution in [3.05, 3.63) is 50.1 Å². The first-order valence-electron chi connectivity index (χ1n) is 6.08. The summed E-state index contributed by atoms with van der Waals surface area (Å²) in [6.07, 6.45) is 0. The Kier molecular flexibility index (Phi) is 5.39. The first-order chi connectivity index (χ1) is 9.95. The molecule has 2 amide bonds. The lowest BCUT2D eigenvalue weighted by Crippen LogP contribution is -2.41. The molecule has 1 unspecified atom stereocenters. The molecule has 7 heteroatoms. The van der Waals surface area contributed by atoms with Gasteiger partial charge < -0.3 is 10.6 Å². The van der Waals surface area contributed by atoms with Gasteiger partial charge in [0.2, 0.25) is 5.91 Å². The molecule has 1 aromatic heterocycles. The van der Waals surface area contributed by atoms with Gasteiger partial charge in [-0.3, -0.25) is 9.59 Å². The third-order valence-electron chi connectivity index (χ3n) is 2.65. The van der Waals surface area contributed by atoms with Gasteiger partial charge in [0.05, 0.1) is 8.66 Å². The van der Waals surface area contributed by atoms with E-state index in [0.29, 0.717) is 15.6 Å². The van der Waals surface area contributed by atoms with Crippen LogP contribution in [-0.2, 0) is 4.79 Å². The Bertz CT molecular complexity index is 657. The van der Waals surface area contributed by atoms with Gasteiger partial charge in [0.1, 0.15) is 6.04 Å². The molecule has 0 aliphatic carbocycles. The first kappa shape index (κ1) is 16.0. The van der Waals surface area contributed by atoms with E-state index in [4.69, 9.17) is 11.6 Å². The average Bonchev–Trinajstić information content (AvgIpc) is 2.88. The van der Waals surface area contributed by atoms with Gasteiger partial charge in [-0.1, -0.05) is 11.6 Å². The summed E-state index contributed by atoms with van der Waals surface area (Å²) in [5.41, 5.74) is 0.629. The summed E-state index contributed by atoms with van der Waals surface area (Å²) in [5.74, 6) is -0.564. The van der Waals surface area contributed by atoms with E-state index < -0.39 is 6.04 Å². The molecule has 0 fully saturated rings. The standard InChI is InChI=1S/C14H12BrClN2O2S/c1-8(17-14(20)11-6-7-12(15)21-11)13(19)18-10-4-2-9(16)3-5-10/h2-8H,1H3,(H,17,20)(H,18,19). The van der Waals surface area contributed by atoms with E-state index in [1.54, 1.807) is 43.3 Å². The lowest BCUT2D eigenvalue weighted by Gasteiger charge is -2.13. The van der Waals surface area contributed by atoms with E-state index in [1.807, 2.05) is 0 Å². The highest BCUT2D eigenvalue weighted by Crippen LogP contribution is 2.22. The summed E-state index contributed by atoms with van der Waals surface area (Å²) in [4.78, 5) is 24.5. The highest BCUT2D eigenvalue weighted by molar-refractivity contribution is 9.11. The van der Waals surface area contributed by atoms with Gasteiger partial charge in [-0.2, -0.15) is 0 Å². The van der Waals surface area contributed by atoms with Crippen LogP contribution >= 0.6 is 38.9 Å². The number of carbonyl (C=O) groups excluding carboxylic acids is 2. The Morgan fingerprint density at radius 2 is 1.86 bits per heavy atom. The number of amides is 2. The van der Waals surface area contributed by atoms with E-state index in [9.17, 15) is 9.59 Å². The van der Waals surface area contributed by atoms with E-state index >= 15 is 0 Å². The van der Waals surface area contributed by atoms with Gasteiger partial charge in [0.25, 0.3) is 5.91 Å². The zero-order valence-corrected chi connectivity index (χ0v) is 14.2. The van der Waals surface area contributed by atoms with Gasteiger partial charge >= 0.3 is 0 Å². The van der Waals surface area contributed by atoms with Crippen molar-refractivity contribution in [3.8, 4) is 0 Å². The van der Waals surface area contributed by atoms with Crippen LogP contribution < -0.4 is 10.6 Å². The maximum atomic E-state index is 12.0. The zero-order valence-electron chi connectivity index (χ0n) is 11.0. The van der Waals surface area contributed by atoms with Crippen LogP contribution in [0.3, 0.4) is 0 Å². The monoisotopic (exact) mass is 386 g/mol. The molecule has 1 heterocycles. The van der Waals surface area contributed by atoms with Crippen molar-refractivity contribution in [2.45, 2.75) is 13.0 Å².